The van der Waals surface area contributed by atoms with Crippen LogP contribution in [0.1, 0.15) is 42.9 Å². The third-order valence-electron chi connectivity index (χ3n) is 3.58. The molecule has 1 aromatic carbocycles. The van der Waals surface area contributed by atoms with Crippen molar-refractivity contribution in [2.45, 2.75) is 38.6 Å². The molecule has 1 aromatic rings. The second kappa shape index (κ2) is 4.31. The SMILES string of the molecule is Cc1c(F)cccc1[C@@H](N)C1CCCC1. The molecular formula is C13H18FN. The minimum atomic E-state index is -0.138. The van der Waals surface area contributed by atoms with E-state index in [1.165, 1.54) is 31.7 Å². The zero-order valence-electron chi connectivity index (χ0n) is 9.17. The third-order valence-corrected chi connectivity index (χ3v) is 3.58. The summed E-state index contributed by atoms with van der Waals surface area (Å²) < 4.78 is 13.4. The van der Waals surface area contributed by atoms with E-state index in [4.69, 9.17) is 5.73 Å². The van der Waals surface area contributed by atoms with E-state index in [-0.39, 0.29) is 11.9 Å². The van der Waals surface area contributed by atoms with Gasteiger partial charge in [0.05, 0.1) is 0 Å². The van der Waals surface area contributed by atoms with Gasteiger partial charge < -0.3 is 5.73 Å². The minimum absolute atomic E-state index is 0.0169. The van der Waals surface area contributed by atoms with Crippen molar-refractivity contribution in [2.24, 2.45) is 11.7 Å². The Hall–Kier alpha value is -0.890. The molecule has 0 unspecified atom stereocenters. The predicted octanol–water partition coefficient (Wildman–Crippen LogP) is 3.32. The van der Waals surface area contributed by atoms with Crippen molar-refractivity contribution in [3.8, 4) is 0 Å². The highest BCUT2D eigenvalue weighted by Crippen LogP contribution is 2.35. The maximum absolute atomic E-state index is 13.4. The van der Waals surface area contributed by atoms with Gasteiger partial charge in [0.15, 0.2) is 0 Å². The Bertz CT molecular complexity index is 342. The Kier molecular flexibility index (Phi) is 3.06. The van der Waals surface area contributed by atoms with E-state index in [9.17, 15) is 4.39 Å². The smallest absolute Gasteiger partial charge is 0.126 e. The number of rotatable bonds is 2. The van der Waals surface area contributed by atoms with Crippen LogP contribution in [0.4, 0.5) is 4.39 Å². The quantitative estimate of drug-likeness (QED) is 0.791. The van der Waals surface area contributed by atoms with Gasteiger partial charge in [-0.25, -0.2) is 4.39 Å². The first-order valence-corrected chi connectivity index (χ1v) is 5.70. The van der Waals surface area contributed by atoms with Gasteiger partial charge in [-0.2, -0.15) is 0 Å². The second-order valence-electron chi connectivity index (χ2n) is 4.52. The van der Waals surface area contributed by atoms with Gasteiger partial charge in [0.2, 0.25) is 0 Å². The molecule has 2 heteroatoms. The number of hydrogen-bond acceptors (Lipinski definition) is 1. The van der Waals surface area contributed by atoms with E-state index in [1.54, 1.807) is 6.07 Å². The lowest BCUT2D eigenvalue weighted by atomic mass is 9.90. The van der Waals surface area contributed by atoms with Crippen molar-refractivity contribution in [1.82, 2.24) is 0 Å². The molecule has 0 aliphatic heterocycles. The van der Waals surface area contributed by atoms with Crippen LogP contribution < -0.4 is 5.73 Å². The van der Waals surface area contributed by atoms with Crippen LogP contribution in [0.3, 0.4) is 0 Å². The molecule has 82 valence electrons. The van der Waals surface area contributed by atoms with E-state index >= 15 is 0 Å². The van der Waals surface area contributed by atoms with E-state index < -0.39 is 0 Å². The molecule has 0 saturated heterocycles. The molecule has 0 aromatic heterocycles. The standard InChI is InChI=1S/C13H18FN/c1-9-11(7-4-8-12(9)14)13(15)10-5-2-3-6-10/h4,7-8,10,13H,2-3,5-6,15H2,1H3/t13-/m0/s1. The van der Waals surface area contributed by atoms with Crippen molar-refractivity contribution >= 4 is 0 Å². The molecular weight excluding hydrogens is 189 g/mol. The van der Waals surface area contributed by atoms with Crippen LogP contribution in [0.15, 0.2) is 18.2 Å². The number of hydrogen-bond donors (Lipinski definition) is 1. The summed E-state index contributed by atoms with van der Waals surface area (Å²) in [5.41, 5.74) is 7.91. The molecule has 1 nitrogen and oxygen atoms in total. The summed E-state index contributed by atoms with van der Waals surface area (Å²) in [6.45, 7) is 1.82. The zero-order chi connectivity index (χ0) is 10.8. The molecule has 1 saturated carbocycles. The lowest BCUT2D eigenvalue weighted by molar-refractivity contribution is 0.441. The first-order valence-electron chi connectivity index (χ1n) is 5.70. The highest BCUT2D eigenvalue weighted by molar-refractivity contribution is 5.30. The summed E-state index contributed by atoms with van der Waals surface area (Å²) >= 11 is 0. The first-order chi connectivity index (χ1) is 7.20. The lowest BCUT2D eigenvalue weighted by Crippen LogP contribution is -2.20. The Balaban J connectivity index is 2.24. The predicted molar refractivity (Wildman–Crippen MR) is 60.0 cm³/mol. The van der Waals surface area contributed by atoms with Crippen LogP contribution in [0.2, 0.25) is 0 Å². The third kappa shape index (κ3) is 2.05. The molecule has 0 heterocycles. The Morgan fingerprint density at radius 3 is 2.67 bits per heavy atom. The second-order valence-corrected chi connectivity index (χ2v) is 4.52. The Morgan fingerprint density at radius 2 is 2.00 bits per heavy atom. The summed E-state index contributed by atoms with van der Waals surface area (Å²) in [6.07, 6.45) is 4.92. The molecule has 2 rings (SSSR count). The summed E-state index contributed by atoms with van der Waals surface area (Å²) in [7, 11) is 0. The summed E-state index contributed by atoms with van der Waals surface area (Å²) in [5, 5.41) is 0. The highest BCUT2D eigenvalue weighted by Gasteiger charge is 2.24. The average molecular weight is 207 g/mol. The van der Waals surface area contributed by atoms with Crippen molar-refractivity contribution in [3.05, 3.63) is 35.1 Å². The fourth-order valence-corrected chi connectivity index (χ4v) is 2.56. The van der Waals surface area contributed by atoms with E-state index in [2.05, 4.69) is 0 Å². The molecule has 0 radical (unpaired) electrons. The van der Waals surface area contributed by atoms with Crippen LogP contribution in [0.25, 0.3) is 0 Å². The molecule has 1 aliphatic rings. The monoisotopic (exact) mass is 207 g/mol. The van der Waals surface area contributed by atoms with Gasteiger partial charge in [-0.3, -0.25) is 0 Å². The largest absolute Gasteiger partial charge is 0.324 e. The normalized spacial score (nSPS) is 19.4. The number of benzene rings is 1. The van der Waals surface area contributed by atoms with Gasteiger partial charge in [0.25, 0.3) is 0 Å². The van der Waals surface area contributed by atoms with Crippen LogP contribution in [-0.2, 0) is 0 Å². The van der Waals surface area contributed by atoms with Gasteiger partial charge in [0.1, 0.15) is 5.82 Å². The van der Waals surface area contributed by atoms with E-state index in [1.807, 2.05) is 13.0 Å². The zero-order valence-corrected chi connectivity index (χ0v) is 9.17. The summed E-state index contributed by atoms with van der Waals surface area (Å²) in [5.74, 6) is 0.409. The minimum Gasteiger partial charge on any atom is -0.324 e. The lowest BCUT2D eigenvalue weighted by Gasteiger charge is -2.21. The molecule has 1 atom stereocenters. The highest BCUT2D eigenvalue weighted by atomic mass is 19.1. The summed E-state index contributed by atoms with van der Waals surface area (Å²) in [6, 6.07) is 5.23. The van der Waals surface area contributed by atoms with E-state index in [0.717, 1.165) is 11.1 Å². The first kappa shape index (κ1) is 10.6. The van der Waals surface area contributed by atoms with Crippen LogP contribution >= 0.6 is 0 Å². The van der Waals surface area contributed by atoms with Gasteiger partial charge >= 0.3 is 0 Å². The topological polar surface area (TPSA) is 26.0 Å². The van der Waals surface area contributed by atoms with Crippen molar-refractivity contribution in [3.63, 3.8) is 0 Å². The van der Waals surface area contributed by atoms with Gasteiger partial charge in [0, 0.05) is 6.04 Å². The average Bonchev–Trinajstić information content (AvgIpc) is 2.74. The molecule has 0 amide bonds. The molecule has 1 fully saturated rings. The number of nitrogens with two attached hydrogens (primary N) is 1. The maximum atomic E-state index is 13.4. The van der Waals surface area contributed by atoms with Crippen molar-refractivity contribution in [2.75, 3.05) is 0 Å². The van der Waals surface area contributed by atoms with Crippen LogP contribution in [0, 0.1) is 18.7 Å². The molecule has 0 spiro atoms. The maximum Gasteiger partial charge on any atom is 0.126 e. The molecule has 1 aliphatic carbocycles. The fourth-order valence-electron chi connectivity index (χ4n) is 2.56. The Labute approximate surface area is 90.5 Å². The Morgan fingerprint density at radius 1 is 1.33 bits per heavy atom. The van der Waals surface area contributed by atoms with Gasteiger partial charge in [-0.1, -0.05) is 25.0 Å². The molecule has 0 bridgehead atoms. The van der Waals surface area contributed by atoms with Crippen LogP contribution in [0.5, 0.6) is 0 Å². The summed E-state index contributed by atoms with van der Waals surface area (Å²) in [4.78, 5) is 0. The number of halogens is 1. The van der Waals surface area contributed by atoms with Crippen molar-refractivity contribution < 1.29 is 4.39 Å². The van der Waals surface area contributed by atoms with Gasteiger partial charge in [-0.05, 0) is 42.9 Å². The van der Waals surface area contributed by atoms with E-state index in [0.29, 0.717) is 5.92 Å². The molecule has 2 N–H and O–H groups in total. The molecule has 15 heavy (non-hydrogen) atoms. The fraction of sp³-hybridized carbons (Fsp3) is 0.538. The van der Waals surface area contributed by atoms with Gasteiger partial charge in [-0.15, -0.1) is 0 Å². The van der Waals surface area contributed by atoms with Crippen LogP contribution in [-0.4, -0.2) is 0 Å². The van der Waals surface area contributed by atoms with Crippen molar-refractivity contribution in [1.29, 1.82) is 0 Å².